The smallest absolute Gasteiger partial charge is 0.260 e. The molecule has 1 aromatic carbocycles. The van der Waals surface area contributed by atoms with Crippen LogP contribution in [0.1, 0.15) is 24.8 Å². The van der Waals surface area contributed by atoms with Crippen molar-refractivity contribution in [1.82, 2.24) is 4.90 Å². The molecule has 1 aliphatic carbocycles. The topological polar surface area (TPSA) is 62.6 Å². The van der Waals surface area contributed by atoms with Gasteiger partial charge in [-0.25, -0.2) is 0 Å². The molecule has 3 rings (SSSR count). The van der Waals surface area contributed by atoms with E-state index in [1.165, 1.54) is 0 Å². The van der Waals surface area contributed by atoms with E-state index in [-0.39, 0.29) is 24.7 Å². The fourth-order valence-corrected chi connectivity index (χ4v) is 3.09. The van der Waals surface area contributed by atoms with Crippen LogP contribution in [0.4, 0.5) is 0 Å². The molecule has 21 heavy (non-hydrogen) atoms. The van der Waals surface area contributed by atoms with Crippen LogP contribution in [0.5, 0.6) is 5.75 Å². The van der Waals surface area contributed by atoms with E-state index in [0.717, 1.165) is 19.3 Å². The highest BCUT2D eigenvalue weighted by Gasteiger charge is 2.38. The first kappa shape index (κ1) is 13.9. The molecule has 1 heterocycles. The molecule has 1 amide bonds. The Hall–Kier alpha value is -2.06. The molecule has 2 unspecified atom stereocenters. The summed E-state index contributed by atoms with van der Waals surface area (Å²) in [5.41, 5.74) is 0.579. The SMILES string of the molecule is N#Cc1ccc(OCC(=O)N2CCOC3CCCC32)cc1. The zero-order chi connectivity index (χ0) is 14.7. The predicted octanol–water partition coefficient (Wildman–Crippen LogP) is 1.72. The number of morpholine rings is 1. The van der Waals surface area contributed by atoms with Crippen molar-refractivity contribution in [2.24, 2.45) is 0 Å². The lowest BCUT2D eigenvalue weighted by Gasteiger charge is -2.37. The van der Waals surface area contributed by atoms with Crippen molar-refractivity contribution in [1.29, 1.82) is 5.26 Å². The first-order valence-corrected chi connectivity index (χ1v) is 7.32. The molecular formula is C16H18N2O3. The Morgan fingerprint density at radius 1 is 1.38 bits per heavy atom. The van der Waals surface area contributed by atoms with E-state index in [9.17, 15) is 4.79 Å². The number of ether oxygens (including phenoxy) is 2. The predicted molar refractivity (Wildman–Crippen MR) is 75.7 cm³/mol. The van der Waals surface area contributed by atoms with Gasteiger partial charge in [-0.3, -0.25) is 4.79 Å². The summed E-state index contributed by atoms with van der Waals surface area (Å²) < 4.78 is 11.2. The van der Waals surface area contributed by atoms with Crippen LogP contribution in [0, 0.1) is 11.3 Å². The number of amides is 1. The Kier molecular flexibility index (Phi) is 4.07. The Labute approximate surface area is 124 Å². The first-order valence-electron chi connectivity index (χ1n) is 7.32. The molecule has 0 N–H and O–H groups in total. The number of carbonyl (C=O) groups excluding carboxylic acids is 1. The third-order valence-electron chi connectivity index (χ3n) is 4.15. The normalized spacial score (nSPS) is 24.2. The average molecular weight is 286 g/mol. The van der Waals surface area contributed by atoms with Gasteiger partial charge in [0.2, 0.25) is 0 Å². The quantitative estimate of drug-likeness (QED) is 0.848. The molecule has 110 valence electrons. The lowest BCUT2D eigenvalue weighted by atomic mass is 10.1. The maximum atomic E-state index is 12.3. The lowest BCUT2D eigenvalue weighted by Crippen LogP contribution is -2.52. The minimum atomic E-state index is 0.0135. The molecular weight excluding hydrogens is 268 g/mol. The van der Waals surface area contributed by atoms with E-state index >= 15 is 0 Å². The van der Waals surface area contributed by atoms with Crippen LogP contribution in [0.3, 0.4) is 0 Å². The van der Waals surface area contributed by atoms with Gasteiger partial charge in [-0.05, 0) is 43.5 Å². The zero-order valence-electron chi connectivity index (χ0n) is 11.8. The second-order valence-electron chi connectivity index (χ2n) is 5.42. The molecule has 1 aromatic rings. The number of hydrogen-bond acceptors (Lipinski definition) is 4. The number of hydrogen-bond donors (Lipinski definition) is 0. The summed E-state index contributed by atoms with van der Waals surface area (Å²) in [7, 11) is 0. The maximum absolute atomic E-state index is 12.3. The Morgan fingerprint density at radius 3 is 2.95 bits per heavy atom. The summed E-state index contributed by atoms with van der Waals surface area (Å²) in [6.07, 6.45) is 3.39. The Bertz CT molecular complexity index is 550. The molecule has 5 nitrogen and oxygen atoms in total. The summed E-state index contributed by atoms with van der Waals surface area (Å²) >= 11 is 0. The summed E-state index contributed by atoms with van der Waals surface area (Å²) in [4.78, 5) is 14.2. The van der Waals surface area contributed by atoms with Crippen molar-refractivity contribution in [3.63, 3.8) is 0 Å². The van der Waals surface area contributed by atoms with Gasteiger partial charge in [0.05, 0.1) is 30.4 Å². The van der Waals surface area contributed by atoms with Crippen molar-refractivity contribution in [2.45, 2.75) is 31.4 Å². The van der Waals surface area contributed by atoms with E-state index in [2.05, 4.69) is 6.07 Å². The summed E-state index contributed by atoms with van der Waals surface area (Å²) in [6.45, 7) is 1.30. The molecule has 5 heteroatoms. The van der Waals surface area contributed by atoms with E-state index in [1.54, 1.807) is 24.3 Å². The van der Waals surface area contributed by atoms with Crippen LogP contribution in [0.15, 0.2) is 24.3 Å². The van der Waals surface area contributed by atoms with Crippen LogP contribution in [0.25, 0.3) is 0 Å². The highest BCUT2D eigenvalue weighted by atomic mass is 16.5. The number of nitriles is 1. The Balaban J connectivity index is 1.57. The van der Waals surface area contributed by atoms with Crippen LogP contribution < -0.4 is 4.74 Å². The molecule has 1 aliphatic heterocycles. The van der Waals surface area contributed by atoms with Crippen LogP contribution >= 0.6 is 0 Å². The molecule has 0 bridgehead atoms. The van der Waals surface area contributed by atoms with Crippen molar-refractivity contribution < 1.29 is 14.3 Å². The van der Waals surface area contributed by atoms with Gasteiger partial charge in [0.25, 0.3) is 5.91 Å². The van der Waals surface area contributed by atoms with Crippen molar-refractivity contribution >= 4 is 5.91 Å². The monoisotopic (exact) mass is 286 g/mol. The minimum absolute atomic E-state index is 0.0135. The molecule has 2 fully saturated rings. The second-order valence-corrected chi connectivity index (χ2v) is 5.42. The van der Waals surface area contributed by atoms with Gasteiger partial charge in [-0.15, -0.1) is 0 Å². The number of benzene rings is 1. The van der Waals surface area contributed by atoms with Gasteiger partial charge in [0.1, 0.15) is 5.75 Å². The minimum Gasteiger partial charge on any atom is -0.484 e. The van der Waals surface area contributed by atoms with Gasteiger partial charge in [-0.2, -0.15) is 5.26 Å². The highest BCUT2D eigenvalue weighted by molar-refractivity contribution is 5.78. The lowest BCUT2D eigenvalue weighted by molar-refractivity contribution is -0.146. The fraction of sp³-hybridized carbons (Fsp3) is 0.500. The third kappa shape index (κ3) is 3.01. The number of fused-ring (bicyclic) bond motifs is 1. The van der Waals surface area contributed by atoms with Gasteiger partial charge in [0.15, 0.2) is 6.61 Å². The zero-order valence-corrected chi connectivity index (χ0v) is 11.8. The Morgan fingerprint density at radius 2 is 2.19 bits per heavy atom. The average Bonchev–Trinajstić information content (AvgIpc) is 3.01. The van der Waals surface area contributed by atoms with Crippen LogP contribution in [-0.4, -0.2) is 42.7 Å². The number of carbonyl (C=O) groups is 1. The van der Waals surface area contributed by atoms with E-state index < -0.39 is 0 Å². The summed E-state index contributed by atoms with van der Waals surface area (Å²) in [6, 6.07) is 9.06. The van der Waals surface area contributed by atoms with Gasteiger partial charge >= 0.3 is 0 Å². The van der Waals surface area contributed by atoms with Crippen LogP contribution in [0.2, 0.25) is 0 Å². The van der Waals surface area contributed by atoms with E-state index in [0.29, 0.717) is 24.5 Å². The number of nitrogens with zero attached hydrogens (tertiary/aromatic N) is 2. The van der Waals surface area contributed by atoms with Crippen molar-refractivity contribution in [3.05, 3.63) is 29.8 Å². The standard InChI is InChI=1S/C16H18N2O3/c17-10-12-4-6-13(7-5-12)21-11-16(19)18-8-9-20-15-3-1-2-14(15)18/h4-7,14-15H,1-3,8-9,11H2. The molecule has 1 saturated carbocycles. The van der Waals surface area contributed by atoms with E-state index in [1.807, 2.05) is 4.90 Å². The fourth-order valence-electron chi connectivity index (χ4n) is 3.09. The number of rotatable bonds is 3. The van der Waals surface area contributed by atoms with Crippen LogP contribution in [-0.2, 0) is 9.53 Å². The first-order chi connectivity index (χ1) is 10.3. The molecule has 2 aliphatic rings. The molecule has 1 saturated heterocycles. The highest BCUT2D eigenvalue weighted by Crippen LogP contribution is 2.29. The van der Waals surface area contributed by atoms with Gasteiger partial charge in [-0.1, -0.05) is 0 Å². The molecule has 0 spiro atoms. The molecule has 2 atom stereocenters. The summed E-state index contributed by atoms with van der Waals surface area (Å²) in [5, 5.41) is 8.74. The van der Waals surface area contributed by atoms with Gasteiger partial charge in [0, 0.05) is 6.54 Å². The largest absolute Gasteiger partial charge is 0.484 e. The summed E-state index contributed by atoms with van der Waals surface area (Å²) in [5.74, 6) is 0.623. The molecule has 0 aromatic heterocycles. The van der Waals surface area contributed by atoms with Crippen molar-refractivity contribution in [3.8, 4) is 11.8 Å². The van der Waals surface area contributed by atoms with Crippen molar-refractivity contribution in [2.75, 3.05) is 19.8 Å². The maximum Gasteiger partial charge on any atom is 0.260 e. The van der Waals surface area contributed by atoms with E-state index in [4.69, 9.17) is 14.7 Å². The molecule has 0 radical (unpaired) electrons. The third-order valence-corrected chi connectivity index (χ3v) is 4.15. The van der Waals surface area contributed by atoms with Gasteiger partial charge < -0.3 is 14.4 Å². The second kappa shape index (κ2) is 6.15.